The number of carboxylic acids is 1. The molecular weight excluding hydrogens is 242 g/mol. The standard InChI is InChI=1S/C13H12F2O3/c1-13(2,6-10(16)17)11-9(15)5-8(14)7-3-4-18-12(7)11/h3-5H,6H2,1-2H3,(H,16,17). The molecule has 1 aromatic heterocycles. The Morgan fingerprint density at radius 2 is 2.06 bits per heavy atom. The number of aliphatic carboxylic acids is 1. The number of carboxylic acid groups (broad SMARTS) is 1. The van der Waals surface area contributed by atoms with E-state index in [9.17, 15) is 13.6 Å². The van der Waals surface area contributed by atoms with Crippen LogP contribution in [0.4, 0.5) is 8.78 Å². The number of furan rings is 1. The third-order valence-electron chi connectivity index (χ3n) is 2.91. The monoisotopic (exact) mass is 254 g/mol. The van der Waals surface area contributed by atoms with Crippen molar-refractivity contribution in [2.24, 2.45) is 0 Å². The second-order valence-electron chi connectivity index (χ2n) is 4.83. The minimum absolute atomic E-state index is 0.0683. The number of carbonyl (C=O) groups is 1. The summed E-state index contributed by atoms with van der Waals surface area (Å²) in [7, 11) is 0. The summed E-state index contributed by atoms with van der Waals surface area (Å²) >= 11 is 0. The van der Waals surface area contributed by atoms with Gasteiger partial charge in [0.2, 0.25) is 0 Å². The van der Waals surface area contributed by atoms with Crippen LogP contribution in [0.15, 0.2) is 22.8 Å². The fourth-order valence-corrected chi connectivity index (χ4v) is 2.16. The first-order valence-corrected chi connectivity index (χ1v) is 5.40. The molecule has 18 heavy (non-hydrogen) atoms. The van der Waals surface area contributed by atoms with E-state index in [4.69, 9.17) is 9.52 Å². The molecule has 0 fully saturated rings. The molecule has 1 N–H and O–H groups in total. The molecule has 0 amide bonds. The van der Waals surface area contributed by atoms with Crippen LogP contribution in [0.2, 0.25) is 0 Å². The first-order chi connectivity index (χ1) is 8.33. The second-order valence-corrected chi connectivity index (χ2v) is 4.83. The predicted octanol–water partition coefficient (Wildman–Crippen LogP) is 3.46. The minimum Gasteiger partial charge on any atom is -0.481 e. The van der Waals surface area contributed by atoms with E-state index in [-0.39, 0.29) is 23.0 Å². The normalized spacial score (nSPS) is 12.0. The van der Waals surface area contributed by atoms with E-state index >= 15 is 0 Å². The number of halogens is 2. The minimum atomic E-state index is -1.05. The lowest BCUT2D eigenvalue weighted by Crippen LogP contribution is -2.23. The van der Waals surface area contributed by atoms with Gasteiger partial charge in [0.15, 0.2) is 0 Å². The summed E-state index contributed by atoms with van der Waals surface area (Å²) in [4.78, 5) is 10.8. The van der Waals surface area contributed by atoms with Gasteiger partial charge in [0, 0.05) is 17.0 Å². The molecule has 0 aliphatic rings. The van der Waals surface area contributed by atoms with Gasteiger partial charge in [-0.15, -0.1) is 0 Å². The van der Waals surface area contributed by atoms with E-state index in [0.29, 0.717) is 0 Å². The van der Waals surface area contributed by atoms with Crippen molar-refractivity contribution in [3.63, 3.8) is 0 Å². The summed E-state index contributed by atoms with van der Waals surface area (Å²) in [6.45, 7) is 3.17. The number of fused-ring (bicyclic) bond motifs is 1. The van der Waals surface area contributed by atoms with Gasteiger partial charge in [0.05, 0.1) is 18.1 Å². The van der Waals surface area contributed by atoms with E-state index in [1.165, 1.54) is 12.3 Å². The zero-order valence-corrected chi connectivity index (χ0v) is 9.96. The van der Waals surface area contributed by atoms with Crippen molar-refractivity contribution in [2.45, 2.75) is 25.7 Å². The molecule has 1 heterocycles. The zero-order chi connectivity index (χ0) is 13.5. The van der Waals surface area contributed by atoms with Gasteiger partial charge in [-0.1, -0.05) is 13.8 Å². The Bertz CT molecular complexity index is 614. The summed E-state index contributed by atoms with van der Waals surface area (Å²) in [6.07, 6.45) is 0.985. The van der Waals surface area contributed by atoms with Gasteiger partial charge < -0.3 is 9.52 Å². The number of benzene rings is 1. The van der Waals surface area contributed by atoms with Crippen LogP contribution in [0.5, 0.6) is 0 Å². The highest BCUT2D eigenvalue weighted by atomic mass is 19.1. The van der Waals surface area contributed by atoms with Crippen molar-refractivity contribution in [3.05, 3.63) is 35.6 Å². The molecule has 5 heteroatoms. The molecule has 1 aromatic carbocycles. The van der Waals surface area contributed by atoms with Crippen LogP contribution in [-0.2, 0) is 10.2 Å². The van der Waals surface area contributed by atoms with E-state index in [1.54, 1.807) is 13.8 Å². The van der Waals surface area contributed by atoms with Crippen molar-refractivity contribution < 1.29 is 23.1 Å². The molecule has 2 aromatic rings. The van der Waals surface area contributed by atoms with E-state index in [1.807, 2.05) is 0 Å². The van der Waals surface area contributed by atoms with E-state index in [2.05, 4.69) is 0 Å². The molecule has 0 aliphatic carbocycles. The SMILES string of the molecule is CC(C)(CC(=O)O)c1c(F)cc(F)c2ccoc12. The number of rotatable bonds is 3. The summed E-state index contributed by atoms with van der Waals surface area (Å²) < 4.78 is 32.5. The first-order valence-electron chi connectivity index (χ1n) is 5.40. The molecular formula is C13H12F2O3. The third-order valence-corrected chi connectivity index (χ3v) is 2.91. The van der Waals surface area contributed by atoms with Gasteiger partial charge in [-0.25, -0.2) is 8.78 Å². The van der Waals surface area contributed by atoms with Crippen LogP contribution in [0, 0.1) is 11.6 Å². The molecule has 0 saturated carbocycles. The lowest BCUT2D eigenvalue weighted by molar-refractivity contribution is -0.138. The number of hydrogen-bond donors (Lipinski definition) is 1. The van der Waals surface area contributed by atoms with Crippen molar-refractivity contribution in [2.75, 3.05) is 0 Å². The highest BCUT2D eigenvalue weighted by Gasteiger charge is 2.31. The smallest absolute Gasteiger partial charge is 0.304 e. The van der Waals surface area contributed by atoms with Gasteiger partial charge >= 0.3 is 5.97 Å². The Balaban J connectivity index is 2.70. The number of hydrogen-bond acceptors (Lipinski definition) is 2. The Hall–Kier alpha value is -1.91. The summed E-state index contributed by atoms with van der Waals surface area (Å²) in [5, 5.41) is 9.01. The van der Waals surface area contributed by atoms with Crippen molar-refractivity contribution in [1.82, 2.24) is 0 Å². The fraction of sp³-hybridized carbons (Fsp3) is 0.308. The van der Waals surface area contributed by atoms with E-state index in [0.717, 1.165) is 6.07 Å². The summed E-state index contributed by atoms with van der Waals surface area (Å²) in [6, 6.07) is 2.15. The van der Waals surface area contributed by atoms with Crippen molar-refractivity contribution >= 4 is 16.9 Å². The molecule has 3 nitrogen and oxygen atoms in total. The predicted molar refractivity (Wildman–Crippen MR) is 61.4 cm³/mol. The Kier molecular flexibility index (Phi) is 2.84. The van der Waals surface area contributed by atoms with Crippen LogP contribution in [-0.4, -0.2) is 11.1 Å². The molecule has 0 radical (unpaired) electrons. The van der Waals surface area contributed by atoms with Gasteiger partial charge in [0.1, 0.15) is 17.2 Å². The molecule has 0 saturated heterocycles. The Morgan fingerprint density at radius 3 is 2.67 bits per heavy atom. The lowest BCUT2D eigenvalue weighted by Gasteiger charge is -2.23. The van der Waals surface area contributed by atoms with Gasteiger partial charge in [0.25, 0.3) is 0 Å². The average Bonchev–Trinajstić information content (AvgIpc) is 2.63. The zero-order valence-electron chi connectivity index (χ0n) is 9.96. The largest absolute Gasteiger partial charge is 0.481 e. The van der Waals surface area contributed by atoms with Gasteiger partial charge in [-0.05, 0) is 6.07 Å². The second kappa shape index (κ2) is 4.08. The average molecular weight is 254 g/mol. The van der Waals surface area contributed by atoms with Gasteiger partial charge in [-0.3, -0.25) is 4.79 Å². The summed E-state index contributed by atoms with van der Waals surface area (Å²) in [5.74, 6) is -2.56. The van der Waals surface area contributed by atoms with Crippen molar-refractivity contribution in [1.29, 1.82) is 0 Å². The van der Waals surface area contributed by atoms with Crippen molar-refractivity contribution in [3.8, 4) is 0 Å². The molecule has 0 unspecified atom stereocenters. The topological polar surface area (TPSA) is 50.4 Å². The Morgan fingerprint density at radius 1 is 1.39 bits per heavy atom. The Labute approximate surface area is 102 Å². The molecule has 0 aliphatic heterocycles. The van der Waals surface area contributed by atoms with Crippen LogP contribution >= 0.6 is 0 Å². The fourth-order valence-electron chi connectivity index (χ4n) is 2.16. The molecule has 2 rings (SSSR count). The maximum Gasteiger partial charge on any atom is 0.304 e. The van der Waals surface area contributed by atoms with Gasteiger partial charge in [-0.2, -0.15) is 0 Å². The molecule has 0 spiro atoms. The highest BCUT2D eigenvalue weighted by molar-refractivity contribution is 5.83. The molecule has 0 bridgehead atoms. The first kappa shape index (κ1) is 12.5. The molecule has 96 valence electrons. The quantitative estimate of drug-likeness (QED) is 0.912. The van der Waals surface area contributed by atoms with E-state index < -0.39 is 23.0 Å². The highest BCUT2D eigenvalue weighted by Crippen LogP contribution is 2.36. The van der Waals surface area contributed by atoms with Crippen LogP contribution in [0.25, 0.3) is 11.0 Å². The maximum atomic E-state index is 13.9. The lowest BCUT2D eigenvalue weighted by atomic mass is 9.80. The molecule has 0 atom stereocenters. The third kappa shape index (κ3) is 1.96. The van der Waals surface area contributed by atoms with Crippen LogP contribution in [0.1, 0.15) is 25.8 Å². The summed E-state index contributed by atoms with van der Waals surface area (Å²) in [5.41, 5.74) is -0.829. The maximum absolute atomic E-state index is 13.9. The van der Waals surface area contributed by atoms with Crippen LogP contribution < -0.4 is 0 Å². The van der Waals surface area contributed by atoms with Crippen LogP contribution in [0.3, 0.4) is 0 Å².